The van der Waals surface area contributed by atoms with Gasteiger partial charge in [0, 0.05) is 11.3 Å². The third-order valence-electron chi connectivity index (χ3n) is 5.22. The highest BCUT2D eigenvalue weighted by Crippen LogP contribution is 2.30. The molecule has 30 heavy (non-hydrogen) atoms. The second kappa shape index (κ2) is 10.6. The lowest BCUT2D eigenvalue weighted by Gasteiger charge is -2.35. The van der Waals surface area contributed by atoms with E-state index >= 15 is 0 Å². The van der Waals surface area contributed by atoms with Crippen molar-refractivity contribution in [2.75, 3.05) is 11.9 Å². The molecule has 0 aromatic heterocycles. The van der Waals surface area contributed by atoms with Crippen molar-refractivity contribution in [3.8, 4) is 0 Å². The van der Waals surface area contributed by atoms with Gasteiger partial charge in [0.1, 0.15) is 6.10 Å². The second-order valence-electron chi connectivity index (χ2n) is 7.52. The van der Waals surface area contributed by atoms with Gasteiger partial charge in [-0.15, -0.1) is 0 Å². The number of esters is 1. The van der Waals surface area contributed by atoms with Gasteiger partial charge in [-0.2, -0.15) is 0 Å². The van der Waals surface area contributed by atoms with Gasteiger partial charge < -0.3 is 9.47 Å². The number of hydrogen-bond donors (Lipinski definition) is 1. The van der Waals surface area contributed by atoms with Crippen LogP contribution in [-0.4, -0.2) is 30.6 Å². The zero-order valence-corrected chi connectivity index (χ0v) is 17.1. The number of benzene rings is 2. The molecule has 2 aromatic carbocycles. The topological polar surface area (TPSA) is 81.7 Å². The summed E-state index contributed by atoms with van der Waals surface area (Å²) in [6, 6.07) is 16.6. The molecule has 1 N–H and O–H groups in total. The minimum Gasteiger partial charge on any atom is -0.461 e. The molecule has 2 atom stereocenters. The van der Waals surface area contributed by atoms with E-state index in [9.17, 15) is 14.4 Å². The Bertz CT molecular complexity index is 863. The van der Waals surface area contributed by atoms with Gasteiger partial charge in [0.15, 0.2) is 5.78 Å². The fraction of sp³-hybridized carbons (Fsp3) is 0.375. The molecule has 0 bridgehead atoms. The maximum Gasteiger partial charge on any atom is 0.411 e. The lowest BCUT2D eigenvalue weighted by molar-refractivity contribution is -0.185. The standard InChI is InChI=1S/C24H27NO5/c1-17(26)19-11-13-20(14-12-19)25-24(28)29-15-7-3-6-10-22-21(23(27)30-22)16-18-8-4-2-5-9-18/h2,4-5,8-9,11-14,21-22H,3,6-7,10,15-16H2,1H3,(H,25,28)/t21-,22-/m0/s1. The number of amides is 1. The van der Waals surface area contributed by atoms with Crippen LogP contribution in [0.1, 0.15) is 48.5 Å². The third kappa shape index (κ3) is 6.17. The molecule has 6 nitrogen and oxygen atoms in total. The van der Waals surface area contributed by atoms with Gasteiger partial charge in [-0.3, -0.25) is 14.9 Å². The molecule has 0 saturated carbocycles. The molecule has 1 fully saturated rings. The van der Waals surface area contributed by atoms with E-state index in [0.717, 1.165) is 37.7 Å². The van der Waals surface area contributed by atoms with Gasteiger partial charge in [-0.05, 0) is 68.9 Å². The highest BCUT2D eigenvalue weighted by atomic mass is 16.6. The molecule has 2 aromatic rings. The van der Waals surface area contributed by atoms with E-state index in [4.69, 9.17) is 9.47 Å². The van der Waals surface area contributed by atoms with Crippen molar-refractivity contribution in [1.82, 2.24) is 0 Å². The number of carbonyl (C=O) groups excluding carboxylic acids is 3. The Balaban J connectivity index is 1.27. The van der Waals surface area contributed by atoms with Crippen molar-refractivity contribution in [3.05, 3.63) is 65.7 Å². The van der Waals surface area contributed by atoms with E-state index in [2.05, 4.69) is 5.32 Å². The van der Waals surface area contributed by atoms with Crippen molar-refractivity contribution in [1.29, 1.82) is 0 Å². The molecule has 1 aliphatic rings. The minimum atomic E-state index is -0.513. The molecule has 0 spiro atoms. The van der Waals surface area contributed by atoms with Gasteiger partial charge >= 0.3 is 12.1 Å². The van der Waals surface area contributed by atoms with E-state index < -0.39 is 6.09 Å². The number of carbonyl (C=O) groups is 3. The molecule has 0 radical (unpaired) electrons. The van der Waals surface area contributed by atoms with Crippen molar-refractivity contribution in [2.45, 2.75) is 45.1 Å². The van der Waals surface area contributed by atoms with Crippen LogP contribution in [0.25, 0.3) is 0 Å². The SMILES string of the molecule is CC(=O)c1ccc(NC(=O)OCCCCC[C@@H]2OC(=O)[C@H]2Cc2ccccc2)cc1. The lowest BCUT2D eigenvalue weighted by Crippen LogP contribution is -2.46. The van der Waals surface area contributed by atoms with Crippen LogP contribution in [-0.2, 0) is 20.7 Å². The number of cyclic esters (lactones) is 1. The molecular formula is C24H27NO5. The molecule has 1 saturated heterocycles. The zero-order chi connectivity index (χ0) is 21.3. The molecule has 0 unspecified atom stereocenters. The first-order valence-corrected chi connectivity index (χ1v) is 10.3. The number of unbranched alkanes of at least 4 members (excludes halogenated alkanes) is 2. The first-order chi connectivity index (χ1) is 14.5. The third-order valence-corrected chi connectivity index (χ3v) is 5.22. The number of hydrogen-bond acceptors (Lipinski definition) is 5. The van der Waals surface area contributed by atoms with Crippen molar-refractivity contribution in [3.63, 3.8) is 0 Å². The average Bonchev–Trinajstić information content (AvgIpc) is 2.74. The number of anilines is 1. The summed E-state index contributed by atoms with van der Waals surface area (Å²) < 4.78 is 10.5. The lowest BCUT2D eigenvalue weighted by atomic mass is 9.87. The molecule has 158 valence electrons. The molecular weight excluding hydrogens is 382 g/mol. The smallest absolute Gasteiger partial charge is 0.411 e. The maximum atomic E-state index is 11.8. The summed E-state index contributed by atoms with van der Waals surface area (Å²) in [6.45, 7) is 1.82. The zero-order valence-electron chi connectivity index (χ0n) is 17.1. The van der Waals surface area contributed by atoms with Crippen molar-refractivity contribution in [2.24, 2.45) is 5.92 Å². The predicted octanol–water partition coefficient (Wildman–Crippen LogP) is 4.78. The number of rotatable bonds is 10. The van der Waals surface area contributed by atoms with Crippen LogP contribution in [0.3, 0.4) is 0 Å². The van der Waals surface area contributed by atoms with E-state index in [0.29, 0.717) is 17.9 Å². The van der Waals surface area contributed by atoms with Crippen LogP contribution in [0.2, 0.25) is 0 Å². The Morgan fingerprint density at radius 3 is 2.40 bits per heavy atom. The summed E-state index contributed by atoms with van der Waals surface area (Å²) in [7, 11) is 0. The Morgan fingerprint density at radius 1 is 1.00 bits per heavy atom. The summed E-state index contributed by atoms with van der Waals surface area (Å²) in [5.74, 6) is -0.184. The normalized spacial score (nSPS) is 17.6. The quantitative estimate of drug-likeness (QED) is 0.347. The molecule has 3 rings (SSSR count). The first-order valence-electron chi connectivity index (χ1n) is 10.3. The largest absolute Gasteiger partial charge is 0.461 e. The number of ketones is 1. The molecule has 1 heterocycles. The Labute approximate surface area is 176 Å². The Kier molecular flexibility index (Phi) is 7.60. The van der Waals surface area contributed by atoms with Crippen LogP contribution in [0.15, 0.2) is 54.6 Å². The molecule has 0 aliphatic carbocycles. The molecule has 6 heteroatoms. The van der Waals surface area contributed by atoms with Gasteiger partial charge in [-0.25, -0.2) is 4.79 Å². The minimum absolute atomic E-state index is 0.0140. The second-order valence-corrected chi connectivity index (χ2v) is 7.52. The summed E-state index contributed by atoms with van der Waals surface area (Å²) in [5, 5.41) is 2.64. The van der Waals surface area contributed by atoms with E-state index in [1.807, 2.05) is 30.3 Å². The predicted molar refractivity (Wildman–Crippen MR) is 113 cm³/mol. The average molecular weight is 409 g/mol. The van der Waals surface area contributed by atoms with Gasteiger partial charge in [0.25, 0.3) is 0 Å². The highest BCUT2D eigenvalue weighted by Gasteiger charge is 2.41. The monoisotopic (exact) mass is 409 g/mol. The highest BCUT2D eigenvalue weighted by molar-refractivity contribution is 5.94. The van der Waals surface area contributed by atoms with Gasteiger partial charge in [0.2, 0.25) is 0 Å². The summed E-state index contributed by atoms with van der Waals surface area (Å²) in [5.41, 5.74) is 2.33. The van der Waals surface area contributed by atoms with Gasteiger partial charge in [0.05, 0.1) is 12.5 Å². The number of ether oxygens (including phenoxy) is 2. The van der Waals surface area contributed by atoms with Crippen LogP contribution < -0.4 is 5.32 Å². The van der Waals surface area contributed by atoms with Crippen molar-refractivity contribution >= 4 is 23.5 Å². The molecule has 1 aliphatic heterocycles. The maximum absolute atomic E-state index is 11.8. The molecule has 1 amide bonds. The number of Topliss-reactive ketones (excluding diaryl/α,β-unsaturated/α-hetero) is 1. The first kappa shape index (κ1) is 21.6. The van der Waals surface area contributed by atoms with Crippen LogP contribution in [0, 0.1) is 5.92 Å². The van der Waals surface area contributed by atoms with Crippen molar-refractivity contribution < 1.29 is 23.9 Å². The number of nitrogens with one attached hydrogen (secondary N) is 1. The van der Waals surface area contributed by atoms with Crippen LogP contribution in [0.4, 0.5) is 10.5 Å². The summed E-state index contributed by atoms with van der Waals surface area (Å²) >= 11 is 0. The van der Waals surface area contributed by atoms with E-state index in [1.54, 1.807) is 24.3 Å². The Morgan fingerprint density at radius 2 is 1.73 bits per heavy atom. The van der Waals surface area contributed by atoms with Crippen LogP contribution >= 0.6 is 0 Å². The van der Waals surface area contributed by atoms with Crippen LogP contribution in [0.5, 0.6) is 0 Å². The summed E-state index contributed by atoms with van der Waals surface area (Å²) in [4.78, 5) is 34.8. The fourth-order valence-electron chi connectivity index (χ4n) is 3.47. The van der Waals surface area contributed by atoms with E-state index in [-0.39, 0.29) is 23.8 Å². The summed E-state index contributed by atoms with van der Waals surface area (Å²) in [6.07, 6.45) is 3.59. The Hall–Kier alpha value is -3.15. The van der Waals surface area contributed by atoms with Gasteiger partial charge in [-0.1, -0.05) is 30.3 Å². The van der Waals surface area contributed by atoms with E-state index in [1.165, 1.54) is 6.92 Å². The fourth-order valence-corrected chi connectivity index (χ4v) is 3.47.